The van der Waals surface area contributed by atoms with Crippen molar-refractivity contribution in [1.29, 1.82) is 0 Å². The first kappa shape index (κ1) is 14.2. The van der Waals surface area contributed by atoms with E-state index < -0.39 is 5.79 Å². The van der Waals surface area contributed by atoms with E-state index in [4.69, 9.17) is 9.47 Å². The highest BCUT2D eigenvalue weighted by Gasteiger charge is 2.53. The van der Waals surface area contributed by atoms with Gasteiger partial charge in [0.05, 0.1) is 12.1 Å². The summed E-state index contributed by atoms with van der Waals surface area (Å²) in [6.45, 7) is 3.69. The van der Waals surface area contributed by atoms with Gasteiger partial charge in [-0.15, -0.1) is 0 Å². The summed E-state index contributed by atoms with van der Waals surface area (Å²) in [7, 11) is 0. The molecule has 1 heterocycles. The van der Waals surface area contributed by atoms with E-state index in [9.17, 15) is 9.59 Å². The van der Waals surface area contributed by atoms with E-state index in [0.29, 0.717) is 12.0 Å². The lowest BCUT2D eigenvalue weighted by atomic mass is 10.0. The Balaban J connectivity index is 1.76. The molecular weight excluding hydrogens is 270 g/mol. The maximum absolute atomic E-state index is 12.3. The van der Waals surface area contributed by atoms with Crippen LogP contribution in [0.2, 0.25) is 0 Å². The van der Waals surface area contributed by atoms with Crippen LogP contribution in [0.5, 0.6) is 0 Å². The number of fused-ring (bicyclic) bond motifs is 1. The van der Waals surface area contributed by atoms with Crippen LogP contribution in [-0.2, 0) is 14.3 Å². The van der Waals surface area contributed by atoms with Crippen molar-refractivity contribution in [2.24, 2.45) is 5.92 Å². The second-order valence-electron chi connectivity index (χ2n) is 6.04. The zero-order valence-electron chi connectivity index (χ0n) is 12.1. The molecule has 1 aliphatic carbocycles. The SMILES string of the molecule is CC1(C)O[C@H]2[C@H](NC(=O)c3ccccc3)[C@H](C=O)C[C@H]2O1. The Hall–Kier alpha value is -1.72. The number of carbonyl (C=O) groups is 2. The average molecular weight is 289 g/mol. The number of hydrogen-bond acceptors (Lipinski definition) is 4. The van der Waals surface area contributed by atoms with Gasteiger partial charge in [0, 0.05) is 11.5 Å². The Kier molecular flexibility index (Phi) is 3.55. The number of rotatable bonds is 3. The van der Waals surface area contributed by atoms with Crippen molar-refractivity contribution in [3.8, 4) is 0 Å². The third-order valence-electron chi connectivity index (χ3n) is 4.05. The highest BCUT2D eigenvalue weighted by Crippen LogP contribution is 2.40. The maximum atomic E-state index is 12.3. The molecule has 4 atom stereocenters. The van der Waals surface area contributed by atoms with Gasteiger partial charge in [-0.3, -0.25) is 4.79 Å². The summed E-state index contributed by atoms with van der Waals surface area (Å²) >= 11 is 0. The topological polar surface area (TPSA) is 64.6 Å². The van der Waals surface area contributed by atoms with Crippen molar-refractivity contribution in [1.82, 2.24) is 5.32 Å². The van der Waals surface area contributed by atoms with Crippen LogP contribution in [0.3, 0.4) is 0 Å². The highest BCUT2D eigenvalue weighted by atomic mass is 16.8. The minimum Gasteiger partial charge on any atom is -0.346 e. The van der Waals surface area contributed by atoms with Gasteiger partial charge >= 0.3 is 0 Å². The van der Waals surface area contributed by atoms with Gasteiger partial charge in [-0.25, -0.2) is 0 Å². The molecule has 1 aromatic rings. The zero-order chi connectivity index (χ0) is 15.0. The quantitative estimate of drug-likeness (QED) is 0.857. The molecule has 21 heavy (non-hydrogen) atoms. The second kappa shape index (κ2) is 5.24. The summed E-state index contributed by atoms with van der Waals surface area (Å²) in [5.74, 6) is -1.14. The highest BCUT2D eigenvalue weighted by molar-refractivity contribution is 5.94. The molecule has 2 aliphatic rings. The van der Waals surface area contributed by atoms with Crippen molar-refractivity contribution in [2.45, 2.75) is 44.3 Å². The molecule has 1 saturated carbocycles. The van der Waals surface area contributed by atoms with Gasteiger partial charge in [-0.1, -0.05) is 18.2 Å². The van der Waals surface area contributed by atoms with E-state index in [0.717, 1.165) is 6.29 Å². The van der Waals surface area contributed by atoms with E-state index >= 15 is 0 Å². The fourth-order valence-electron chi connectivity index (χ4n) is 3.16. The van der Waals surface area contributed by atoms with E-state index in [2.05, 4.69) is 5.32 Å². The molecule has 0 bridgehead atoms. The number of hydrogen-bond donors (Lipinski definition) is 1. The van der Waals surface area contributed by atoms with Gasteiger partial charge in [-0.2, -0.15) is 0 Å². The second-order valence-corrected chi connectivity index (χ2v) is 6.04. The summed E-state index contributed by atoms with van der Waals surface area (Å²) in [6, 6.07) is 8.61. The molecule has 1 saturated heterocycles. The minimum atomic E-state index is -0.668. The van der Waals surface area contributed by atoms with Gasteiger partial charge in [0.25, 0.3) is 5.91 Å². The van der Waals surface area contributed by atoms with E-state index in [1.807, 2.05) is 32.0 Å². The lowest BCUT2D eigenvalue weighted by Crippen LogP contribution is -2.46. The fourth-order valence-corrected chi connectivity index (χ4v) is 3.16. The van der Waals surface area contributed by atoms with Crippen molar-refractivity contribution < 1.29 is 19.1 Å². The Morgan fingerprint density at radius 2 is 2.00 bits per heavy atom. The molecule has 1 amide bonds. The average Bonchev–Trinajstić information content (AvgIpc) is 2.92. The predicted octanol–water partition coefficient (Wildman–Crippen LogP) is 1.52. The van der Waals surface area contributed by atoms with Crippen molar-refractivity contribution in [2.75, 3.05) is 0 Å². The first-order valence-electron chi connectivity index (χ1n) is 7.17. The molecule has 0 unspecified atom stereocenters. The van der Waals surface area contributed by atoms with Crippen LogP contribution in [0.25, 0.3) is 0 Å². The van der Waals surface area contributed by atoms with Crippen LogP contribution in [0.4, 0.5) is 0 Å². The van der Waals surface area contributed by atoms with Crippen LogP contribution in [-0.4, -0.2) is 36.2 Å². The standard InChI is InChI=1S/C16H19NO4/c1-16(2)20-12-8-11(9-18)13(14(12)21-16)17-15(19)10-6-4-3-5-7-10/h3-7,9,11-14H,8H2,1-2H3,(H,17,19)/t11-,12+,13+,14+/m0/s1. The van der Waals surface area contributed by atoms with Crippen LogP contribution in [0.1, 0.15) is 30.6 Å². The van der Waals surface area contributed by atoms with E-state index in [1.54, 1.807) is 12.1 Å². The third-order valence-corrected chi connectivity index (χ3v) is 4.05. The summed E-state index contributed by atoms with van der Waals surface area (Å²) in [6.07, 6.45) is 1.05. The van der Waals surface area contributed by atoms with Gasteiger partial charge in [0.15, 0.2) is 5.79 Å². The first-order valence-corrected chi connectivity index (χ1v) is 7.17. The molecule has 2 fully saturated rings. The number of carbonyl (C=O) groups excluding carboxylic acids is 2. The Bertz CT molecular complexity index is 542. The largest absolute Gasteiger partial charge is 0.346 e. The number of ether oxygens (including phenoxy) is 2. The van der Waals surface area contributed by atoms with Crippen molar-refractivity contribution in [3.05, 3.63) is 35.9 Å². The van der Waals surface area contributed by atoms with Crippen LogP contribution in [0.15, 0.2) is 30.3 Å². The first-order chi connectivity index (χ1) is 10.00. The van der Waals surface area contributed by atoms with Gasteiger partial charge in [0.1, 0.15) is 12.4 Å². The van der Waals surface area contributed by atoms with Crippen LogP contribution >= 0.6 is 0 Å². The molecule has 0 spiro atoms. The molecular formula is C16H19NO4. The maximum Gasteiger partial charge on any atom is 0.251 e. The van der Waals surface area contributed by atoms with Crippen molar-refractivity contribution in [3.63, 3.8) is 0 Å². The summed E-state index contributed by atoms with van der Waals surface area (Å²) in [4.78, 5) is 23.6. The van der Waals surface area contributed by atoms with E-state index in [1.165, 1.54) is 0 Å². The Morgan fingerprint density at radius 1 is 1.29 bits per heavy atom. The van der Waals surface area contributed by atoms with Crippen LogP contribution < -0.4 is 5.32 Å². The molecule has 0 aromatic heterocycles. The predicted molar refractivity (Wildman–Crippen MR) is 75.7 cm³/mol. The minimum absolute atomic E-state index is 0.142. The number of nitrogens with one attached hydrogen (secondary N) is 1. The number of aldehydes is 1. The molecule has 1 aromatic carbocycles. The summed E-state index contributed by atoms with van der Waals surface area (Å²) in [5, 5.41) is 2.93. The molecule has 5 heteroatoms. The lowest BCUT2D eigenvalue weighted by molar-refractivity contribution is -0.157. The third kappa shape index (κ3) is 2.71. The lowest BCUT2D eigenvalue weighted by Gasteiger charge is -2.25. The Morgan fingerprint density at radius 3 is 2.67 bits per heavy atom. The molecule has 1 N–H and O–H groups in total. The molecule has 5 nitrogen and oxygen atoms in total. The number of amides is 1. The fraction of sp³-hybridized carbons (Fsp3) is 0.500. The molecule has 112 valence electrons. The Labute approximate surface area is 123 Å². The summed E-state index contributed by atoms with van der Waals surface area (Å²) in [5.41, 5.74) is 0.573. The van der Waals surface area contributed by atoms with E-state index in [-0.39, 0.29) is 30.1 Å². The zero-order valence-corrected chi connectivity index (χ0v) is 12.1. The van der Waals surface area contributed by atoms with Crippen LogP contribution in [0, 0.1) is 5.92 Å². The van der Waals surface area contributed by atoms with Gasteiger partial charge in [0.2, 0.25) is 0 Å². The summed E-state index contributed by atoms with van der Waals surface area (Å²) < 4.78 is 11.6. The normalized spacial score (nSPS) is 33.4. The number of benzene rings is 1. The molecule has 0 radical (unpaired) electrons. The van der Waals surface area contributed by atoms with Gasteiger partial charge in [-0.05, 0) is 32.4 Å². The van der Waals surface area contributed by atoms with Gasteiger partial charge < -0.3 is 19.6 Å². The molecule has 3 rings (SSSR count). The van der Waals surface area contributed by atoms with Crippen molar-refractivity contribution >= 4 is 12.2 Å². The molecule has 1 aliphatic heterocycles. The monoisotopic (exact) mass is 289 g/mol. The smallest absolute Gasteiger partial charge is 0.251 e.